The van der Waals surface area contributed by atoms with Crippen molar-refractivity contribution in [3.8, 4) is 5.75 Å². The first-order valence-corrected chi connectivity index (χ1v) is 7.87. The molecule has 0 spiro atoms. The lowest BCUT2D eigenvalue weighted by Crippen LogP contribution is -2.44. The van der Waals surface area contributed by atoms with Gasteiger partial charge in [0.2, 0.25) is 0 Å². The van der Waals surface area contributed by atoms with Crippen molar-refractivity contribution in [3.63, 3.8) is 0 Å². The molecule has 1 aliphatic carbocycles. The Bertz CT molecular complexity index is 493. The lowest BCUT2D eigenvalue weighted by atomic mass is 10.0. The molecule has 20 heavy (non-hydrogen) atoms. The Labute approximate surface area is 128 Å². The second-order valence-corrected chi connectivity index (χ2v) is 6.11. The number of phenols is 1. The molecule has 1 fully saturated rings. The van der Waals surface area contributed by atoms with Crippen LogP contribution in [0.2, 0.25) is 0 Å². The number of benzene rings is 1. The van der Waals surface area contributed by atoms with Crippen molar-refractivity contribution in [2.45, 2.75) is 32.2 Å². The Kier molecular flexibility index (Phi) is 5.05. The summed E-state index contributed by atoms with van der Waals surface area (Å²) in [4.78, 5) is 14.5. The third kappa shape index (κ3) is 2.99. The van der Waals surface area contributed by atoms with Crippen molar-refractivity contribution in [1.29, 1.82) is 0 Å². The SMILES string of the molecule is CCN(C(=O)c1ccc(Br)c(O)c1)C1CCCC1CN. The largest absolute Gasteiger partial charge is 0.507 e. The molecular weight excluding hydrogens is 320 g/mol. The van der Waals surface area contributed by atoms with E-state index in [0.29, 0.717) is 29.0 Å². The van der Waals surface area contributed by atoms with Gasteiger partial charge in [-0.3, -0.25) is 4.79 Å². The maximum Gasteiger partial charge on any atom is 0.254 e. The van der Waals surface area contributed by atoms with E-state index in [4.69, 9.17) is 5.73 Å². The van der Waals surface area contributed by atoms with Crippen molar-refractivity contribution in [2.24, 2.45) is 11.7 Å². The van der Waals surface area contributed by atoms with Gasteiger partial charge in [0.1, 0.15) is 5.75 Å². The summed E-state index contributed by atoms with van der Waals surface area (Å²) in [5, 5.41) is 9.73. The first-order valence-electron chi connectivity index (χ1n) is 7.08. The summed E-state index contributed by atoms with van der Waals surface area (Å²) < 4.78 is 0.595. The monoisotopic (exact) mass is 340 g/mol. The quantitative estimate of drug-likeness (QED) is 0.885. The maximum atomic E-state index is 12.6. The summed E-state index contributed by atoms with van der Waals surface area (Å²) in [6.07, 6.45) is 3.24. The third-order valence-corrected chi connectivity index (χ3v) is 4.79. The summed E-state index contributed by atoms with van der Waals surface area (Å²) in [5.74, 6) is 0.456. The Morgan fingerprint density at radius 2 is 2.25 bits per heavy atom. The van der Waals surface area contributed by atoms with E-state index in [9.17, 15) is 9.90 Å². The topological polar surface area (TPSA) is 66.6 Å². The highest BCUT2D eigenvalue weighted by Gasteiger charge is 2.33. The molecule has 0 bridgehead atoms. The van der Waals surface area contributed by atoms with E-state index in [1.165, 1.54) is 6.07 Å². The van der Waals surface area contributed by atoms with Crippen LogP contribution in [0.5, 0.6) is 5.75 Å². The summed E-state index contributed by atoms with van der Waals surface area (Å²) in [5.41, 5.74) is 6.34. The molecule has 0 aliphatic heterocycles. The zero-order valence-corrected chi connectivity index (χ0v) is 13.3. The van der Waals surface area contributed by atoms with Crippen molar-refractivity contribution < 1.29 is 9.90 Å². The highest BCUT2D eigenvalue weighted by atomic mass is 79.9. The number of phenolic OH excluding ortho intramolecular Hbond substituents is 1. The molecule has 0 saturated heterocycles. The van der Waals surface area contributed by atoms with Crippen LogP contribution >= 0.6 is 15.9 Å². The zero-order chi connectivity index (χ0) is 14.7. The molecule has 2 atom stereocenters. The van der Waals surface area contributed by atoms with Gasteiger partial charge in [-0.05, 0) is 66.4 Å². The van der Waals surface area contributed by atoms with Crippen LogP contribution in [0.25, 0.3) is 0 Å². The Balaban J connectivity index is 2.22. The van der Waals surface area contributed by atoms with Crippen molar-refractivity contribution >= 4 is 21.8 Å². The predicted octanol–water partition coefficient (Wildman–Crippen LogP) is 2.74. The molecule has 1 saturated carbocycles. The molecule has 5 heteroatoms. The lowest BCUT2D eigenvalue weighted by Gasteiger charge is -2.32. The van der Waals surface area contributed by atoms with E-state index in [2.05, 4.69) is 15.9 Å². The molecule has 1 amide bonds. The minimum atomic E-state index is -0.0272. The number of hydrogen-bond acceptors (Lipinski definition) is 3. The fourth-order valence-electron chi connectivity index (χ4n) is 3.04. The number of aromatic hydroxyl groups is 1. The normalized spacial score (nSPS) is 21.9. The molecule has 3 N–H and O–H groups in total. The second-order valence-electron chi connectivity index (χ2n) is 5.25. The van der Waals surface area contributed by atoms with E-state index < -0.39 is 0 Å². The van der Waals surface area contributed by atoms with Gasteiger partial charge in [-0.15, -0.1) is 0 Å². The average molecular weight is 341 g/mol. The molecule has 0 heterocycles. The van der Waals surface area contributed by atoms with Gasteiger partial charge < -0.3 is 15.7 Å². The summed E-state index contributed by atoms with van der Waals surface area (Å²) in [6, 6.07) is 5.18. The number of rotatable bonds is 4. The first-order chi connectivity index (χ1) is 9.58. The molecule has 1 aliphatic rings. The zero-order valence-electron chi connectivity index (χ0n) is 11.7. The van der Waals surface area contributed by atoms with Gasteiger partial charge in [0, 0.05) is 18.2 Å². The highest BCUT2D eigenvalue weighted by Crippen LogP contribution is 2.31. The van der Waals surface area contributed by atoms with Crippen LogP contribution in [0.15, 0.2) is 22.7 Å². The van der Waals surface area contributed by atoms with E-state index in [1.807, 2.05) is 11.8 Å². The van der Waals surface area contributed by atoms with Gasteiger partial charge in [-0.1, -0.05) is 6.42 Å². The lowest BCUT2D eigenvalue weighted by molar-refractivity contribution is 0.0651. The fraction of sp³-hybridized carbons (Fsp3) is 0.533. The van der Waals surface area contributed by atoms with Crippen LogP contribution in [0, 0.1) is 5.92 Å². The standard InChI is InChI=1S/C15H21BrN2O2/c1-2-18(13-5-3-4-11(13)9-17)15(20)10-6-7-12(16)14(19)8-10/h6-8,11,13,19H,2-5,9,17H2,1H3. The Hall–Kier alpha value is -1.07. The van der Waals surface area contributed by atoms with Crippen molar-refractivity contribution in [1.82, 2.24) is 4.90 Å². The van der Waals surface area contributed by atoms with Crippen molar-refractivity contribution in [3.05, 3.63) is 28.2 Å². The van der Waals surface area contributed by atoms with Gasteiger partial charge in [-0.2, -0.15) is 0 Å². The highest BCUT2D eigenvalue weighted by molar-refractivity contribution is 9.10. The van der Waals surface area contributed by atoms with Crippen LogP contribution < -0.4 is 5.73 Å². The fourth-order valence-corrected chi connectivity index (χ4v) is 3.29. The van der Waals surface area contributed by atoms with E-state index in [0.717, 1.165) is 19.3 Å². The number of hydrogen-bond donors (Lipinski definition) is 2. The molecule has 1 aromatic carbocycles. The van der Waals surface area contributed by atoms with Crippen molar-refractivity contribution in [2.75, 3.05) is 13.1 Å². The molecule has 2 unspecified atom stereocenters. The van der Waals surface area contributed by atoms with Crippen LogP contribution in [-0.2, 0) is 0 Å². The van der Waals surface area contributed by atoms with Gasteiger partial charge in [0.15, 0.2) is 0 Å². The van der Waals surface area contributed by atoms with Crippen LogP contribution in [-0.4, -0.2) is 35.0 Å². The van der Waals surface area contributed by atoms with Gasteiger partial charge in [0.05, 0.1) is 4.47 Å². The molecule has 110 valence electrons. The number of carbonyl (C=O) groups is 1. The third-order valence-electron chi connectivity index (χ3n) is 4.12. The van der Waals surface area contributed by atoms with Gasteiger partial charge >= 0.3 is 0 Å². The minimum Gasteiger partial charge on any atom is -0.507 e. The number of amides is 1. The number of nitrogens with two attached hydrogens (primary N) is 1. The van der Waals surface area contributed by atoms with Gasteiger partial charge in [-0.25, -0.2) is 0 Å². The molecular formula is C15H21BrN2O2. The summed E-state index contributed by atoms with van der Waals surface area (Å²) >= 11 is 3.23. The number of halogens is 1. The smallest absolute Gasteiger partial charge is 0.254 e. The maximum absolute atomic E-state index is 12.6. The van der Waals surface area contributed by atoms with E-state index >= 15 is 0 Å². The van der Waals surface area contributed by atoms with Crippen LogP contribution in [0.3, 0.4) is 0 Å². The predicted molar refractivity (Wildman–Crippen MR) is 82.7 cm³/mol. The molecule has 1 aromatic rings. The molecule has 4 nitrogen and oxygen atoms in total. The van der Waals surface area contributed by atoms with E-state index in [-0.39, 0.29) is 17.7 Å². The average Bonchev–Trinajstić information content (AvgIpc) is 2.91. The second kappa shape index (κ2) is 6.59. The molecule has 2 rings (SSSR count). The molecule has 0 radical (unpaired) electrons. The Morgan fingerprint density at radius 3 is 2.85 bits per heavy atom. The molecule has 0 aromatic heterocycles. The Morgan fingerprint density at radius 1 is 1.50 bits per heavy atom. The summed E-state index contributed by atoms with van der Waals surface area (Å²) in [6.45, 7) is 3.28. The van der Waals surface area contributed by atoms with Crippen LogP contribution in [0.4, 0.5) is 0 Å². The minimum absolute atomic E-state index is 0.0272. The first kappa shape index (κ1) is 15.3. The number of carbonyl (C=O) groups excluding carboxylic acids is 1. The van der Waals surface area contributed by atoms with Crippen LogP contribution in [0.1, 0.15) is 36.5 Å². The summed E-state index contributed by atoms with van der Waals surface area (Å²) in [7, 11) is 0. The van der Waals surface area contributed by atoms with E-state index in [1.54, 1.807) is 12.1 Å². The van der Waals surface area contributed by atoms with Gasteiger partial charge in [0.25, 0.3) is 5.91 Å². The number of nitrogens with zero attached hydrogens (tertiary/aromatic N) is 1.